The summed E-state index contributed by atoms with van der Waals surface area (Å²) in [5.41, 5.74) is 0. The molecular formula is C13H23NS2. The average molecular weight is 257 g/mol. The van der Waals surface area contributed by atoms with E-state index in [-0.39, 0.29) is 0 Å². The van der Waals surface area contributed by atoms with Gasteiger partial charge in [0.05, 0.1) is 4.08 Å². The van der Waals surface area contributed by atoms with E-state index in [2.05, 4.69) is 35.3 Å². The number of rotatable bonds is 0. The molecule has 0 aromatic heterocycles. The molecule has 0 N–H and O–H groups in total. The number of fused-ring (bicyclic) bond motifs is 1. The van der Waals surface area contributed by atoms with Crippen molar-refractivity contribution >= 4 is 23.5 Å². The first-order valence-electron chi connectivity index (χ1n) is 6.83. The minimum absolute atomic E-state index is 0.607. The third-order valence-electron chi connectivity index (χ3n) is 4.41. The molecule has 3 aliphatic heterocycles. The van der Waals surface area contributed by atoms with Crippen LogP contribution >= 0.6 is 23.5 Å². The maximum absolute atomic E-state index is 2.81. The molecule has 3 heterocycles. The summed E-state index contributed by atoms with van der Waals surface area (Å²) in [6.45, 7) is 3.84. The Morgan fingerprint density at radius 2 is 1.88 bits per heavy atom. The second kappa shape index (κ2) is 4.74. The number of piperidine rings is 2. The lowest BCUT2D eigenvalue weighted by atomic mass is 9.89. The topological polar surface area (TPSA) is 3.24 Å². The molecule has 0 amide bonds. The summed E-state index contributed by atoms with van der Waals surface area (Å²) in [6.07, 6.45) is 8.70. The Bertz CT molecular complexity index is 250. The highest BCUT2D eigenvalue weighted by Gasteiger charge is 2.45. The molecule has 0 aromatic rings. The van der Waals surface area contributed by atoms with Crippen LogP contribution in [0.4, 0.5) is 0 Å². The summed E-state index contributed by atoms with van der Waals surface area (Å²) in [5, 5.41) is 0. The minimum atomic E-state index is 0.607. The predicted octanol–water partition coefficient (Wildman–Crippen LogP) is 3.59. The molecule has 0 radical (unpaired) electrons. The van der Waals surface area contributed by atoms with Crippen molar-refractivity contribution in [3.05, 3.63) is 0 Å². The Kier molecular flexibility index (Phi) is 3.47. The quantitative estimate of drug-likeness (QED) is 0.653. The Labute approximate surface area is 108 Å². The van der Waals surface area contributed by atoms with Gasteiger partial charge in [-0.1, -0.05) is 6.42 Å². The summed E-state index contributed by atoms with van der Waals surface area (Å²) in [7, 11) is 0. The summed E-state index contributed by atoms with van der Waals surface area (Å²) in [4.78, 5) is 2.81. The van der Waals surface area contributed by atoms with Gasteiger partial charge in [-0.05, 0) is 57.1 Å². The van der Waals surface area contributed by atoms with E-state index in [4.69, 9.17) is 0 Å². The lowest BCUT2D eigenvalue weighted by Crippen LogP contribution is -2.54. The molecule has 92 valence electrons. The van der Waals surface area contributed by atoms with Gasteiger partial charge in [-0.25, -0.2) is 0 Å². The highest BCUT2D eigenvalue weighted by molar-refractivity contribution is 8.18. The average Bonchev–Trinajstić information content (AvgIpc) is 2.30. The van der Waals surface area contributed by atoms with E-state index in [0.29, 0.717) is 4.08 Å². The van der Waals surface area contributed by atoms with Crippen LogP contribution in [0.25, 0.3) is 0 Å². The van der Waals surface area contributed by atoms with Crippen LogP contribution in [0.15, 0.2) is 0 Å². The first kappa shape index (κ1) is 11.7. The third-order valence-corrected chi connectivity index (χ3v) is 7.82. The van der Waals surface area contributed by atoms with E-state index in [9.17, 15) is 0 Å². The molecule has 16 heavy (non-hydrogen) atoms. The smallest absolute Gasteiger partial charge is 0.0640 e. The fourth-order valence-electron chi connectivity index (χ4n) is 3.68. The van der Waals surface area contributed by atoms with Gasteiger partial charge in [0.1, 0.15) is 0 Å². The Hall–Kier alpha value is 0.660. The second-order valence-electron chi connectivity index (χ2n) is 5.61. The van der Waals surface area contributed by atoms with E-state index in [0.717, 1.165) is 12.1 Å². The van der Waals surface area contributed by atoms with Gasteiger partial charge in [-0.2, -0.15) is 0 Å². The molecule has 0 bridgehead atoms. The highest BCUT2D eigenvalue weighted by Crippen LogP contribution is 2.53. The van der Waals surface area contributed by atoms with Gasteiger partial charge in [0.25, 0.3) is 0 Å². The van der Waals surface area contributed by atoms with E-state index >= 15 is 0 Å². The SMILES string of the molecule is C[C@@H]1CC2(C[C@H]3CCCCN31)SCCCS2. The van der Waals surface area contributed by atoms with Crippen molar-refractivity contribution in [3.8, 4) is 0 Å². The molecule has 3 heteroatoms. The van der Waals surface area contributed by atoms with Gasteiger partial charge < -0.3 is 0 Å². The first-order chi connectivity index (χ1) is 7.79. The fourth-order valence-corrected chi connectivity index (χ4v) is 7.36. The predicted molar refractivity (Wildman–Crippen MR) is 75.3 cm³/mol. The Balaban J connectivity index is 1.74. The van der Waals surface area contributed by atoms with Crippen LogP contribution < -0.4 is 0 Å². The molecular weight excluding hydrogens is 234 g/mol. The van der Waals surface area contributed by atoms with Gasteiger partial charge in [-0.3, -0.25) is 4.90 Å². The number of hydrogen-bond donors (Lipinski definition) is 0. The van der Waals surface area contributed by atoms with Gasteiger partial charge in [0, 0.05) is 12.1 Å². The van der Waals surface area contributed by atoms with Crippen LogP contribution in [-0.2, 0) is 0 Å². The summed E-state index contributed by atoms with van der Waals surface area (Å²) < 4.78 is 0.607. The van der Waals surface area contributed by atoms with Crippen LogP contribution in [0.5, 0.6) is 0 Å². The minimum Gasteiger partial charge on any atom is -0.298 e. The zero-order valence-corrected chi connectivity index (χ0v) is 11.9. The van der Waals surface area contributed by atoms with Crippen molar-refractivity contribution in [2.45, 2.75) is 61.6 Å². The van der Waals surface area contributed by atoms with E-state index in [1.54, 1.807) is 0 Å². The maximum atomic E-state index is 2.81. The highest BCUT2D eigenvalue weighted by atomic mass is 32.2. The van der Waals surface area contributed by atoms with Crippen LogP contribution in [0.3, 0.4) is 0 Å². The lowest BCUT2D eigenvalue weighted by Gasteiger charge is -2.52. The van der Waals surface area contributed by atoms with Crippen molar-refractivity contribution in [1.82, 2.24) is 4.90 Å². The molecule has 3 aliphatic rings. The number of hydrogen-bond acceptors (Lipinski definition) is 3. The molecule has 0 aliphatic carbocycles. The van der Waals surface area contributed by atoms with Crippen molar-refractivity contribution in [3.63, 3.8) is 0 Å². The van der Waals surface area contributed by atoms with E-state index < -0.39 is 0 Å². The molecule has 3 fully saturated rings. The van der Waals surface area contributed by atoms with Crippen molar-refractivity contribution in [1.29, 1.82) is 0 Å². The third kappa shape index (κ3) is 2.15. The van der Waals surface area contributed by atoms with Crippen LogP contribution in [0.1, 0.15) is 45.4 Å². The standard InChI is InChI=1S/C13H23NS2/c1-11-9-13(15-7-4-8-16-13)10-12-5-2-3-6-14(11)12/h11-12H,2-10H2,1H3/t11-,12-/m1/s1. The second-order valence-corrected chi connectivity index (χ2v) is 8.82. The van der Waals surface area contributed by atoms with E-state index in [1.165, 1.54) is 56.6 Å². The molecule has 0 saturated carbocycles. The maximum Gasteiger partial charge on any atom is 0.0640 e. The van der Waals surface area contributed by atoms with Gasteiger partial charge in [0.15, 0.2) is 0 Å². The molecule has 1 nitrogen and oxygen atoms in total. The largest absolute Gasteiger partial charge is 0.298 e. The summed E-state index contributed by atoms with van der Waals surface area (Å²) in [5.74, 6) is 2.82. The molecule has 0 unspecified atom stereocenters. The molecule has 2 atom stereocenters. The zero-order valence-electron chi connectivity index (χ0n) is 10.3. The van der Waals surface area contributed by atoms with Crippen LogP contribution in [0, 0.1) is 0 Å². The monoisotopic (exact) mass is 257 g/mol. The Morgan fingerprint density at radius 1 is 1.06 bits per heavy atom. The van der Waals surface area contributed by atoms with Gasteiger partial charge in [0.2, 0.25) is 0 Å². The molecule has 0 aromatic carbocycles. The van der Waals surface area contributed by atoms with Crippen molar-refractivity contribution < 1.29 is 0 Å². The normalized spacial score (nSPS) is 39.6. The van der Waals surface area contributed by atoms with Gasteiger partial charge in [-0.15, -0.1) is 23.5 Å². The molecule has 3 saturated heterocycles. The summed E-state index contributed by atoms with van der Waals surface area (Å²) >= 11 is 4.56. The fraction of sp³-hybridized carbons (Fsp3) is 1.00. The van der Waals surface area contributed by atoms with Crippen molar-refractivity contribution in [2.24, 2.45) is 0 Å². The number of nitrogens with zero attached hydrogens (tertiary/aromatic N) is 1. The molecule has 1 spiro atoms. The zero-order chi connectivity index (χ0) is 11.0. The lowest BCUT2D eigenvalue weighted by molar-refractivity contribution is 0.0593. The van der Waals surface area contributed by atoms with Crippen LogP contribution in [-0.4, -0.2) is 39.1 Å². The van der Waals surface area contributed by atoms with Crippen LogP contribution in [0.2, 0.25) is 0 Å². The number of thioether (sulfide) groups is 2. The van der Waals surface area contributed by atoms with E-state index in [1.807, 2.05) is 0 Å². The first-order valence-corrected chi connectivity index (χ1v) is 8.80. The van der Waals surface area contributed by atoms with Crippen molar-refractivity contribution in [2.75, 3.05) is 18.1 Å². The molecule has 3 rings (SSSR count). The van der Waals surface area contributed by atoms with Gasteiger partial charge >= 0.3 is 0 Å². The Morgan fingerprint density at radius 3 is 2.69 bits per heavy atom. The summed E-state index contributed by atoms with van der Waals surface area (Å²) in [6, 6.07) is 1.74.